The molecule has 3 saturated heterocycles. The molecular formula is C72H109N21O27S2. The zero-order valence-corrected chi connectivity index (χ0v) is 68.4. The highest BCUT2D eigenvalue weighted by Crippen LogP contribution is 2.36. The van der Waals surface area contributed by atoms with E-state index in [-0.39, 0.29) is 57.6 Å². The van der Waals surface area contributed by atoms with Crippen LogP contribution < -0.4 is 82.7 Å². The van der Waals surface area contributed by atoms with Gasteiger partial charge in [0.05, 0.1) is 80.3 Å². The summed E-state index contributed by atoms with van der Waals surface area (Å²) < 4.78 is 40.5. The first-order valence-corrected chi connectivity index (χ1v) is 40.5. The van der Waals surface area contributed by atoms with Crippen molar-refractivity contribution in [3.05, 3.63) is 92.7 Å². The van der Waals surface area contributed by atoms with E-state index in [4.69, 9.17) is 73.3 Å². The van der Waals surface area contributed by atoms with Gasteiger partial charge in [0.25, 0.3) is 11.8 Å². The highest BCUT2D eigenvalue weighted by molar-refractivity contribution is 7.14. The minimum atomic E-state index is -2.27. The van der Waals surface area contributed by atoms with Gasteiger partial charge in [-0.15, -0.1) is 22.7 Å². The third-order valence-electron chi connectivity index (χ3n) is 20.1. The molecule has 676 valence electrons. The lowest BCUT2D eigenvalue weighted by molar-refractivity contribution is -0.372. The summed E-state index contributed by atoms with van der Waals surface area (Å²) in [6.45, 7) is 5.84. The number of rotatable bonds is 45. The van der Waals surface area contributed by atoms with Gasteiger partial charge in [0, 0.05) is 60.9 Å². The van der Waals surface area contributed by atoms with Crippen molar-refractivity contribution in [2.75, 3.05) is 45.1 Å². The van der Waals surface area contributed by atoms with Crippen molar-refractivity contribution in [2.24, 2.45) is 34.4 Å². The summed E-state index contributed by atoms with van der Waals surface area (Å²) >= 11 is 1.84. The zero-order valence-electron chi connectivity index (χ0n) is 66.8. The number of aliphatic hydroxyl groups is 11. The molecule has 34 N–H and O–H groups in total. The molecule has 0 bridgehead atoms. The quantitative estimate of drug-likeness (QED) is 0.0127. The number of ether oxygens (including phenoxy) is 7. The minimum absolute atomic E-state index is 0.00847. The van der Waals surface area contributed by atoms with Gasteiger partial charge in [-0.1, -0.05) is 30.3 Å². The molecule has 122 heavy (non-hydrogen) atoms. The van der Waals surface area contributed by atoms with Crippen LogP contribution in [0.2, 0.25) is 0 Å². The maximum absolute atomic E-state index is 15.3. The van der Waals surface area contributed by atoms with Crippen LogP contribution >= 0.6 is 22.7 Å². The molecule has 0 radical (unpaired) electrons. The number of anilines is 1. The third kappa shape index (κ3) is 26.6. The maximum atomic E-state index is 15.3. The Bertz CT molecular complexity index is 4260. The number of carbonyl (C=O) groups excluding carboxylic acids is 9. The van der Waals surface area contributed by atoms with Gasteiger partial charge in [-0.3, -0.25) is 38.4 Å². The van der Waals surface area contributed by atoms with Gasteiger partial charge in [0.15, 0.2) is 37.3 Å². The molecule has 8 rings (SSSR count). The second kappa shape index (κ2) is 45.9. The average Bonchev–Trinajstić information content (AvgIpc) is 0.843. The summed E-state index contributed by atoms with van der Waals surface area (Å²) in [6.07, 6.45) is -36.5. The van der Waals surface area contributed by atoms with Crippen LogP contribution in [0.15, 0.2) is 53.6 Å². The number of H-pyrrole nitrogens is 1. The molecule has 7 heterocycles. The summed E-state index contributed by atoms with van der Waals surface area (Å²) in [5.74, 6) is -8.65. The van der Waals surface area contributed by atoms with Crippen molar-refractivity contribution < 1.29 is 132 Å². The largest absolute Gasteiger partial charge is 0.441 e. The van der Waals surface area contributed by atoms with E-state index in [0.717, 1.165) is 54.6 Å². The van der Waals surface area contributed by atoms with Crippen molar-refractivity contribution in [3.8, 4) is 10.7 Å². The Labute approximate surface area is 704 Å². The number of aromatic amines is 1. The Morgan fingerprint density at radius 1 is 0.672 bits per heavy atom. The van der Waals surface area contributed by atoms with Gasteiger partial charge in [-0.25, -0.2) is 29.7 Å². The van der Waals surface area contributed by atoms with E-state index in [0.29, 0.717) is 32.4 Å². The monoisotopic (exact) mass is 1760 g/mol. The van der Waals surface area contributed by atoms with Gasteiger partial charge in [0.1, 0.15) is 112 Å². The topological polar surface area (TPSA) is 799 Å². The SMILES string of the molecule is Cc1c(N)nc([C@H](CC(N)=O)NC[C@H](N)C(N)=O)nc1C(=O)N[C@H](C(=O)N[C@H](C)[C@@H](O)CC(=O)N[C@H](C(=O)NC(O[C@@H]1O[C@@H](C)[C@@H](N)[C@@H](O)[C@H]1O)C(O)c1nc(-c2nc(C(=O)NCCCC(N)CC(=O)NCCCNC(C)c3ccccc3)cs2)cs1)[C@@H](C)O)[C@@H](O[C@@H]1O[C@@H](CO)[C@@H](O)[C@H](O)[C@@H]1O[C@H]1O[C@H](CO)[C@@H](O)[C@H](OC(N)=O)[C@@H]1O)c1cnc[nH]1. The molecular weight excluding hydrogens is 1660 g/mol. The molecule has 0 aliphatic carbocycles. The van der Waals surface area contributed by atoms with Gasteiger partial charge in [0.2, 0.25) is 35.4 Å². The van der Waals surface area contributed by atoms with Gasteiger partial charge >= 0.3 is 6.09 Å². The number of primary amides is 3. The molecule has 3 fully saturated rings. The molecule has 4 aromatic heterocycles. The Morgan fingerprint density at radius 3 is 2.01 bits per heavy atom. The third-order valence-corrected chi connectivity index (χ3v) is 21.9. The van der Waals surface area contributed by atoms with Crippen molar-refractivity contribution in [3.63, 3.8) is 0 Å². The number of thiazole rings is 2. The van der Waals surface area contributed by atoms with E-state index in [1.54, 1.807) is 0 Å². The maximum Gasteiger partial charge on any atom is 0.404 e. The number of nitrogen functional groups attached to an aromatic ring is 1. The Morgan fingerprint density at radius 2 is 1.35 bits per heavy atom. The van der Waals surface area contributed by atoms with Crippen LogP contribution in [0.4, 0.5) is 10.6 Å². The molecule has 0 saturated carbocycles. The second-order valence-electron chi connectivity index (χ2n) is 29.4. The molecule has 9 amide bonds. The lowest BCUT2D eigenvalue weighted by Gasteiger charge is -2.47. The molecule has 48 nitrogen and oxygen atoms in total. The van der Waals surface area contributed by atoms with Crippen LogP contribution in [0.5, 0.6) is 0 Å². The lowest BCUT2D eigenvalue weighted by atomic mass is 9.97. The first-order valence-electron chi connectivity index (χ1n) is 38.7. The number of nitrogens with zero attached hydrogens (tertiary/aromatic N) is 5. The van der Waals surface area contributed by atoms with Gasteiger partial charge in [-0.05, 0) is 66.0 Å². The number of nitrogens with one attached hydrogen (secondary N) is 9. The first-order chi connectivity index (χ1) is 57.8. The van der Waals surface area contributed by atoms with Gasteiger partial charge in [-0.2, -0.15) is 0 Å². The number of nitrogens with two attached hydrogens (primary N) is 7. The van der Waals surface area contributed by atoms with E-state index in [1.807, 2.05) is 30.3 Å². The standard InChI is InChI=1S/C72H109N21O27S2/c1-27-46(90-61(92-59(27)77)35(18-42(75)98)84-20-34(74)60(78)108)63(110)91-48(56(36-21-80-26-85-36)117-71-58(52(104)49(101)40(22-94)116-71)118-70-54(106)57(119-72(79)113)50(102)41(23-95)115-70)65(112)86-29(3)39(97)19-44(100)89-47(30(4)96)64(111)93-66(120-69-53(105)51(103)45(76)31(5)114-69)55(107)68-88-38(25-122-68)67-87-37(24-121-67)62(109)83-14-9-13-33(73)17-43(99)82-16-10-15-81-28(2)32-11-7-6-8-12-32/h6-8,11-12,21,24-26,28-31,33-35,39-41,45,47-58,66,69-71,81,84,94-97,101-107H,9-10,13-20,22-23,73-74,76H2,1-5H3,(H2,75,98)(H2,78,108)(H2,79,113)(H,80,85)(H,82,99)(H,83,109)(H,86,112)(H,89,100)(H,91,110)(H,93,111)(H2,77,90,92)/t28?,29-,30-,31+,33?,34+,35+,39+,40+,41-,45-,47+,48+,49-,50-,51-,52+,53-,54+,55?,56+,57+,58+,66?,69+,70-,71+/m1/s1. The first kappa shape index (κ1) is 98.2. The normalized spacial score (nSPS) is 25.9. The highest BCUT2D eigenvalue weighted by Gasteiger charge is 2.54. The summed E-state index contributed by atoms with van der Waals surface area (Å²) in [5, 5.41) is 147. The Balaban J connectivity index is 0.986. The number of aliphatic hydroxyl groups excluding tert-OH is 11. The molecule has 5 aromatic rings. The molecule has 50 heteroatoms. The Hall–Kier alpha value is -9.28. The predicted octanol–water partition coefficient (Wildman–Crippen LogP) is -9.24. The lowest BCUT2D eigenvalue weighted by Crippen LogP contribution is -2.65. The number of imidazole rings is 1. The molecule has 27 atom stereocenters. The second-order valence-corrected chi connectivity index (χ2v) is 31.2. The minimum Gasteiger partial charge on any atom is -0.441 e. The van der Waals surface area contributed by atoms with Crippen molar-refractivity contribution >= 4 is 81.8 Å². The number of benzene rings is 1. The van der Waals surface area contributed by atoms with Crippen LogP contribution in [0, 0.1) is 6.92 Å². The summed E-state index contributed by atoms with van der Waals surface area (Å²) in [5.41, 5.74) is 40.8. The fraction of sp³-hybridized carbons (Fsp3) is 0.611. The van der Waals surface area contributed by atoms with E-state index >= 15 is 9.59 Å². The van der Waals surface area contributed by atoms with Crippen LogP contribution in [-0.2, 0) is 61.9 Å². The van der Waals surface area contributed by atoms with Crippen LogP contribution in [-0.4, -0.2) is 320 Å². The molecule has 3 aliphatic heterocycles. The molecule has 4 unspecified atom stereocenters. The average molecular weight is 1760 g/mol. The number of hydrogen-bond donors (Lipinski definition) is 27. The summed E-state index contributed by atoms with van der Waals surface area (Å²) in [4.78, 5) is 145. The fourth-order valence-corrected chi connectivity index (χ4v) is 14.5. The fourth-order valence-electron chi connectivity index (χ4n) is 12.9. The summed E-state index contributed by atoms with van der Waals surface area (Å²) in [7, 11) is 0. The number of carbonyl (C=O) groups is 9. The summed E-state index contributed by atoms with van der Waals surface area (Å²) in [6, 6.07) is -0.117. The predicted molar refractivity (Wildman–Crippen MR) is 423 cm³/mol. The van der Waals surface area contributed by atoms with E-state index in [1.165, 1.54) is 24.6 Å². The number of hydrogen-bond acceptors (Lipinski definition) is 40. The van der Waals surface area contributed by atoms with E-state index < -0.39 is 256 Å². The van der Waals surface area contributed by atoms with Crippen LogP contribution in [0.3, 0.4) is 0 Å². The highest BCUT2D eigenvalue weighted by atomic mass is 32.1. The van der Waals surface area contributed by atoms with Crippen molar-refractivity contribution in [1.29, 1.82) is 0 Å². The zero-order chi connectivity index (χ0) is 89.7. The van der Waals surface area contributed by atoms with E-state index in [9.17, 15) is 89.7 Å². The molecule has 3 aliphatic rings. The van der Waals surface area contributed by atoms with E-state index in [2.05, 4.69) is 79.4 Å². The van der Waals surface area contributed by atoms with Crippen LogP contribution in [0.1, 0.15) is 139 Å². The number of amides is 9. The Kier molecular flexibility index (Phi) is 36.9. The van der Waals surface area contributed by atoms with Gasteiger partial charge < -0.3 is 177 Å². The number of aromatic nitrogens is 6. The molecule has 0 spiro atoms. The molecule has 1 aromatic carbocycles. The van der Waals surface area contributed by atoms with Crippen molar-refractivity contribution in [2.45, 2.75) is 238 Å². The van der Waals surface area contributed by atoms with Crippen LogP contribution in [0.25, 0.3) is 10.7 Å². The smallest absolute Gasteiger partial charge is 0.404 e. The van der Waals surface area contributed by atoms with Crippen molar-refractivity contribution in [1.82, 2.24) is 72.4 Å².